The van der Waals surface area contributed by atoms with Gasteiger partial charge in [-0.3, -0.25) is 4.57 Å². The highest BCUT2D eigenvalue weighted by Gasteiger charge is 2.54. The Bertz CT molecular complexity index is 644. The number of imidazole rings is 1. The van der Waals surface area contributed by atoms with Gasteiger partial charge in [-0.25, -0.2) is 15.0 Å². The maximum Gasteiger partial charge on any atom is 0.167 e. The fourth-order valence-electron chi connectivity index (χ4n) is 2.78. The molecule has 0 radical (unpaired) electrons. The number of nitrogens with zero attached hydrogens (tertiary/aromatic N) is 4. The SMILES string of the molecule is Nc1ncnc2c1ncn2[C@@H]1O[C@@]2(CO)COC1C2. The van der Waals surface area contributed by atoms with Gasteiger partial charge in [-0.05, 0) is 0 Å². The number of rotatable bonds is 2. The standard InChI is InChI=1S/C11H13N5O3/c12-8-7-9(14-4-13-8)16(5-15-7)10-6-1-11(2-17,19-10)3-18-6/h4-6,10,17H,1-3H2,(H2,12,13,14)/t6?,10-,11+/m1/s1. The van der Waals surface area contributed by atoms with Crippen molar-refractivity contribution in [1.82, 2.24) is 19.5 Å². The molecule has 4 rings (SSSR count). The Hall–Kier alpha value is -1.77. The van der Waals surface area contributed by atoms with Gasteiger partial charge < -0.3 is 20.3 Å². The number of aliphatic hydroxyl groups is 1. The van der Waals surface area contributed by atoms with Crippen LogP contribution in [0.4, 0.5) is 5.82 Å². The second kappa shape index (κ2) is 3.62. The van der Waals surface area contributed by atoms with Gasteiger partial charge in [0.05, 0.1) is 19.5 Å². The molecule has 8 heteroatoms. The van der Waals surface area contributed by atoms with E-state index in [1.807, 2.05) is 0 Å². The predicted octanol–water partition coefficient (Wildman–Crippen LogP) is -0.543. The first-order valence-corrected chi connectivity index (χ1v) is 6.06. The first-order valence-electron chi connectivity index (χ1n) is 6.06. The molecule has 19 heavy (non-hydrogen) atoms. The fourth-order valence-corrected chi connectivity index (χ4v) is 2.78. The molecule has 2 aliphatic heterocycles. The highest BCUT2D eigenvalue weighted by atomic mass is 16.6. The second-order valence-corrected chi connectivity index (χ2v) is 4.99. The first kappa shape index (κ1) is 11.1. The van der Waals surface area contributed by atoms with Crippen LogP contribution in [-0.4, -0.2) is 49.5 Å². The third-order valence-electron chi connectivity index (χ3n) is 3.77. The van der Waals surface area contributed by atoms with Crippen molar-refractivity contribution in [2.24, 2.45) is 0 Å². The van der Waals surface area contributed by atoms with Gasteiger partial charge >= 0.3 is 0 Å². The van der Waals surface area contributed by atoms with E-state index < -0.39 is 5.60 Å². The van der Waals surface area contributed by atoms with E-state index in [9.17, 15) is 5.11 Å². The van der Waals surface area contributed by atoms with Crippen LogP contribution in [-0.2, 0) is 9.47 Å². The summed E-state index contributed by atoms with van der Waals surface area (Å²) >= 11 is 0. The molecule has 0 aliphatic carbocycles. The maximum atomic E-state index is 9.44. The summed E-state index contributed by atoms with van der Waals surface area (Å²) in [6.07, 6.45) is 3.26. The molecule has 2 aromatic rings. The third-order valence-corrected chi connectivity index (χ3v) is 3.77. The van der Waals surface area contributed by atoms with Crippen LogP contribution in [0.5, 0.6) is 0 Å². The van der Waals surface area contributed by atoms with Crippen LogP contribution in [0, 0.1) is 0 Å². The van der Waals surface area contributed by atoms with Crippen LogP contribution in [0.2, 0.25) is 0 Å². The van der Waals surface area contributed by atoms with Crippen molar-refractivity contribution < 1.29 is 14.6 Å². The molecule has 0 aromatic carbocycles. The molecule has 8 nitrogen and oxygen atoms in total. The molecule has 0 spiro atoms. The number of aliphatic hydroxyl groups excluding tert-OH is 1. The van der Waals surface area contributed by atoms with Crippen molar-refractivity contribution in [3.05, 3.63) is 12.7 Å². The summed E-state index contributed by atoms with van der Waals surface area (Å²) in [6, 6.07) is 0. The number of nitrogen functional groups attached to an aromatic ring is 1. The summed E-state index contributed by atoms with van der Waals surface area (Å²) in [5, 5.41) is 9.44. The van der Waals surface area contributed by atoms with Crippen LogP contribution in [0.15, 0.2) is 12.7 Å². The van der Waals surface area contributed by atoms with Crippen LogP contribution in [0.3, 0.4) is 0 Å². The molecule has 2 aromatic heterocycles. The van der Waals surface area contributed by atoms with E-state index in [1.54, 1.807) is 10.9 Å². The lowest BCUT2D eigenvalue weighted by atomic mass is 10.0. The van der Waals surface area contributed by atoms with Crippen molar-refractivity contribution in [1.29, 1.82) is 0 Å². The van der Waals surface area contributed by atoms with Gasteiger partial charge in [0, 0.05) is 6.42 Å². The molecular formula is C11H13N5O3. The molecule has 3 N–H and O–H groups in total. The zero-order chi connectivity index (χ0) is 13.0. The minimum absolute atomic E-state index is 0.0518. The monoisotopic (exact) mass is 263 g/mol. The van der Waals surface area contributed by atoms with Gasteiger partial charge in [0.25, 0.3) is 0 Å². The Kier molecular flexibility index (Phi) is 2.12. The fraction of sp³-hybridized carbons (Fsp3) is 0.545. The van der Waals surface area contributed by atoms with E-state index in [0.29, 0.717) is 30.0 Å². The zero-order valence-corrected chi connectivity index (χ0v) is 10.1. The maximum absolute atomic E-state index is 9.44. The number of ether oxygens (including phenoxy) is 2. The summed E-state index contributed by atoms with van der Waals surface area (Å²) in [7, 11) is 0. The molecule has 100 valence electrons. The molecule has 0 amide bonds. The van der Waals surface area contributed by atoms with Crippen molar-refractivity contribution in [3.8, 4) is 0 Å². The Morgan fingerprint density at radius 3 is 3.16 bits per heavy atom. The lowest BCUT2D eigenvalue weighted by Crippen LogP contribution is -2.38. The molecular weight excluding hydrogens is 250 g/mol. The molecule has 2 saturated heterocycles. The molecule has 3 atom stereocenters. The van der Waals surface area contributed by atoms with E-state index in [4.69, 9.17) is 15.2 Å². The van der Waals surface area contributed by atoms with Crippen molar-refractivity contribution in [2.75, 3.05) is 18.9 Å². The van der Waals surface area contributed by atoms with Crippen molar-refractivity contribution in [2.45, 2.75) is 24.4 Å². The number of anilines is 1. The molecule has 1 unspecified atom stereocenters. The number of fused-ring (bicyclic) bond motifs is 3. The first-order chi connectivity index (χ1) is 9.22. The molecule has 2 bridgehead atoms. The smallest absolute Gasteiger partial charge is 0.167 e. The zero-order valence-electron chi connectivity index (χ0n) is 10.1. The minimum Gasteiger partial charge on any atom is -0.393 e. The van der Waals surface area contributed by atoms with Crippen LogP contribution < -0.4 is 5.73 Å². The Morgan fingerprint density at radius 1 is 1.47 bits per heavy atom. The van der Waals surface area contributed by atoms with E-state index in [1.165, 1.54) is 6.33 Å². The quantitative estimate of drug-likeness (QED) is 0.748. The Balaban J connectivity index is 1.78. The van der Waals surface area contributed by atoms with E-state index in [-0.39, 0.29) is 18.9 Å². The molecule has 2 aliphatic rings. The normalized spacial score (nSPS) is 33.3. The van der Waals surface area contributed by atoms with Gasteiger partial charge in [-0.1, -0.05) is 0 Å². The molecule has 2 fully saturated rings. The predicted molar refractivity (Wildman–Crippen MR) is 64.0 cm³/mol. The van der Waals surface area contributed by atoms with Crippen molar-refractivity contribution in [3.63, 3.8) is 0 Å². The van der Waals surface area contributed by atoms with E-state index >= 15 is 0 Å². The van der Waals surface area contributed by atoms with Crippen LogP contribution in [0.1, 0.15) is 12.6 Å². The van der Waals surface area contributed by atoms with Gasteiger partial charge in [-0.2, -0.15) is 0 Å². The lowest BCUT2D eigenvalue weighted by Gasteiger charge is -2.29. The van der Waals surface area contributed by atoms with Gasteiger partial charge in [-0.15, -0.1) is 0 Å². The highest BCUT2D eigenvalue weighted by molar-refractivity contribution is 5.81. The van der Waals surface area contributed by atoms with E-state index in [0.717, 1.165) is 0 Å². The number of aromatic nitrogens is 4. The topological polar surface area (TPSA) is 108 Å². The molecule has 0 saturated carbocycles. The average molecular weight is 263 g/mol. The molecule has 4 heterocycles. The van der Waals surface area contributed by atoms with Gasteiger partial charge in [0.15, 0.2) is 17.7 Å². The van der Waals surface area contributed by atoms with Crippen LogP contribution in [0.25, 0.3) is 11.2 Å². The number of hydrogen-bond donors (Lipinski definition) is 2. The Labute approximate surface area is 108 Å². The summed E-state index contributed by atoms with van der Waals surface area (Å²) in [4.78, 5) is 12.3. The van der Waals surface area contributed by atoms with Gasteiger partial charge in [0.2, 0.25) is 0 Å². The summed E-state index contributed by atoms with van der Waals surface area (Å²) in [5.74, 6) is 0.338. The lowest BCUT2D eigenvalue weighted by molar-refractivity contribution is -0.182. The van der Waals surface area contributed by atoms with Gasteiger partial charge in [0.1, 0.15) is 23.5 Å². The van der Waals surface area contributed by atoms with Crippen LogP contribution >= 0.6 is 0 Å². The largest absolute Gasteiger partial charge is 0.393 e. The number of hydrogen-bond acceptors (Lipinski definition) is 7. The minimum atomic E-state index is -0.593. The summed E-state index contributed by atoms with van der Waals surface area (Å²) in [6.45, 7) is 0.373. The third kappa shape index (κ3) is 1.41. The Morgan fingerprint density at radius 2 is 2.37 bits per heavy atom. The summed E-state index contributed by atoms with van der Waals surface area (Å²) < 4.78 is 13.4. The number of nitrogens with two attached hydrogens (primary N) is 1. The average Bonchev–Trinajstić information content (AvgIpc) is 3.11. The highest BCUT2D eigenvalue weighted by Crippen LogP contribution is 2.45. The second-order valence-electron chi connectivity index (χ2n) is 4.99. The summed E-state index contributed by atoms with van der Waals surface area (Å²) in [5.41, 5.74) is 6.33. The van der Waals surface area contributed by atoms with Crippen molar-refractivity contribution >= 4 is 17.0 Å². The van der Waals surface area contributed by atoms with E-state index in [2.05, 4.69) is 15.0 Å².